The molecule has 1 saturated carbocycles. The number of imide groups is 2. The van der Waals surface area contributed by atoms with E-state index in [0.29, 0.717) is 37.0 Å². The Hall–Kier alpha value is -4.71. The molecule has 4 aromatic carbocycles. The van der Waals surface area contributed by atoms with Crippen LogP contribution in [0.2, 0.25) is 10.0 Å². The molecule has 0 aromatic heterocycles. The number of amides is 4. The van der Waals surface area contributed by atoms with E-state index in [4.69, 9.17) is 27.9 Å². The van der Waals surface area contributed by atoms with Crippen LogP contribution in [-0.2, 0) is 24.6 Å². The van der Waals surface area contributed by atoms with Crippen molar-refractivity contribution in [1.82, 2.24) is 5.01 Å². The van der Waals surface area contributed by atoms with E-state index in [1.165, 1.54) is 36.3 Å². The summed E-state index contributed by atoms with van der Waals surface area (Å²) in [5.74, 6) is -6.43. The summed E-state index contributed by atoms with van der Waals surface area (Å²) in [5.41, 5.74) is 3.81. The highest BCUT2D eigenvalue weighted by atomic mass is 79.9. The number of allylic oxidation sites excluding steroid dienone is 2. The number of nitrogens with zero attached hydrogens (tertiary/aromatic N) is 2. The van der Waals surface area contributed by atoms with Gasteiger partial charge in [0.05, 0.1) is 46.1 Å². The van der Waals surface area contributed by atoms with E-state index < -0.39 is 58.5 Å². The molecule has 264 valence electrons. The van der Waals surface area contributed by atoms with Crippen molar-refractivity contribution >= 4 is 74.1 Å². The number of nitrogens with one attached hydrogen (secondary N) is 1. The molecule has 52 heavy (non-hydrogen) atoms. The molecule has 0 bridgehead atoms. The number of hydrogen-bond donors (Lipinski definition) is 2. The smallest absolute Gasteiger partial charge is 0.260 e. The normalized spacial score (nSPS) is 26.6. The third-order valence-corrected chi connectivity index (χ3v) is 12.1. The number of anilines is 2. The van der Waals surface area contributed by atoms with Crippen molar-refractivity contribution in [2.24, 2.45) is 23.7 Å². The van der Waals surface area contributed by atoms with Crippen LogP contribution < -0.4 is 15.1 Å². The van der Waals surface area contributed by atoms with Gasteiger partial charge in [-0.05, 0) is 119 Å². The van der Waals surface area contributed by atoms with Gasteiger partial charge in [-0.15, -0.1) is 0 Å². The number of ether oxygens (including phenoxy) is 1. The molecule has 0 spiro atoms. The second kappa shape index (κ2) is 12.8. The molecular formula is C39H29BrCl2FN3O6. The molecule has 2 aliphatic carbocycles. The minimum absolute atomic E-state index is 0.0716. The SMILES string of the molecule is COc1cc([C@H]2C3=CC[C@@H]4C(=O)N(c5ccc(Cl)cc5)C(=O)[C@@H]4[C@@H]3C[C@H]3C(=O)N(Nc4ccc(F)cc4)C(=O)[C@@]23c2ccc(Cl)cc2)cc(Br)c1O. The number of carbonyl (C=O) groups is 4. The van der Waals surface area contributed by atoms with Crippen LogP contribution in [0, 0.1) is 29.5 Å². The van der Waals surface area contributed by atoms with E-state index in [0.717, 1.165) is 10.6 Å². The Kier molecular flexibility index (Phi) is 8.43. The van der Waals surface area contributed by atoms with Gasteiger partial charge in [0, 0.05) is 16.0 Å². The van der Waals surface area contributed by atoms with Gasteiger partial charge in [0.15, 0.2) is 11.5 Å². The first-order valence-corrected chi connectivity index (χ1v) is 18.1. The lowest BCUT2D eigenvalue weighted by Crippen LogP contribution is -2.53. The quantitative estimate of drug-likeness (QED) is 0.151. The highest BCUT2D eigenvalue weighted by Gasteiger charge is 2.70. The van der Waals surface area contributed by atoms with Crippen LogP contribution in [-0.4, -0.2) is 40.9 Å². The van der Waals surface area contributed by atoms with Gasteiger partial charge in [-0.25, -0.2) is 4.39 Å². The first kappa shape index (κ1) is 34.4. The molecule has 9 nitrogen and oxygen atoms in total. The molecule has 2 heterocycles. The van der Waals surface area contributed by atoms with Crippen molar-refractivity contribution in [2.45, 2.75) is 24.2 Å². The number of hydrogen-bond acceptors (Lipinski definition) is 7. The minimum atomic E-state index is -1.59. The highest BCUT2D eigenvalue weighted by Crippen LogP contribution is 2.64. The zero-order valence-electron chi connectivity index (χ0n) is 27.4. The van der Waals surface area contributed by atoms with Crippen LogP contribution in [0.3, 0.4) is 0 Å². The summed E-state index contributed by atoms with van der Waals surface area (Å²) in [4.78, 5) is 59.7. The summed E-state index contributed by atoms with van der Waals surface area (Å²) in [6.45, 7) is 0. The largest absolute Gasteiger partial charge is 0.503 e. The van der Waals surface area contributed by atoms with Gasteiger partial charge in [0.2, 0.25) is 11.8 Å². The molecule has 2 N–H and O–H groups in total. The summed E-state index contributed by atoms with van der Waals surface area (Å²) in [6, 6.07) is 21.8. The van der Waals surface area contributed by atoms with E-state index in [-0.39, 0.29) is 30.2 Å². The fraction of sp³-hybridized carbons (Fsp3) is 0.231. The van der Waals surface area contributed by atoms with Crippen molar-refractivity contribution in [3.63, 3.8) is 0 Å². The van der Waals surface area contributed by atoms with Crippen molar-refractivity contribution in [3.8, 4) is 11.5 Å². The Morgan fingerprint density at radius 3 is 2.19 bits per heavy atom. The number of benzene rings is 4. The number of fused-ring (bicyclic) bond motifs is 4. The molecule has 3 fully saturated rings. The van der Waals surface area contributed by atoms with Gasteiger partial charge in [0.1, 0.15) is 5.82 Å². The number of rotatable bonds is 6. The van der Waals surface area contributed by atoms with Crippen LogP contribution >= 0.6 is 39.1 Å². The van der Waals surface area contributed by atoms with Crippen LogP contribution in [0.5, 0.6) is 11.5 Å². The summed E-state index contributed by atoms with van der Waals surface area (Å²) in [7, 11) is 1.41. The highest BCUT2D eigenvalue weighted by molar-refractivity contribution is 9.10. The predicted octanol–water partition coefficient (Wildman–Crippen LogP) is 7.80. The monoisotopic (exact) mass is 803 g/mol. The maximum Gasteiger partial charge on any atom is 0.260 e. The zero-order chi connectivity index (χ0) is 36.6. The number of halogens is 4. The van der Waals surface area contributed by atoms with Gasteiger partial charge < -0.3 is 9.84 Å². The molecular weight excluding hydrogens is 776 g/mol. The molecule has 2 saturated heterocycles. The average Bonchev–Trinajstić information content (AvgIpc) is 3.51. The number of methoxy groups -OCH3 is 1. The van der Waals surface area contributed by atoms with Crippen LogP contribution in [0.1, 0.15) is 29.9 Å². The minimum Gasteiger partial charge on any atom is -0.503 e. The van der Waals surface area contributed by atoms with Crippen molar-refractivity contribution in [3.05, 3.63) is 128 Å². The first-order valence-electron chi connectivity index (χ1n) is 16.5. The van der Waals surface area contributed by atoms with E-state index in [9.17, 15) is 23.9 Å². The van der Waals surface area contributed by atoms with E-state index >= 15 is 4.79 Å². The lowest BCUT2D eigenvalue weighted by atomic mass is 9.49. The lowest BCUT2D eigenvalue weighted by Gasteiger charge is -2.50. The Morgan fingerprint density at radius 1 is 0.885 bits per heavy atom. The second-order valence-corrected chi connectivity index (χ2v) is 15.1. The van der Waals surface area contributed by atoms with Gasteiger partial charge >= 0.3 is 0 Å². The van der Waals surface area contributed by atoms with E-state index in [1.54, 1.807) is 60.7 Å². The van der Waals surface area contributed by atoms with Crippen molar-refractivity contribution < 1.29 is 33.4 Å². The number of phenols is 1. The molecule has 8 rings (SSSR count). The third kappa shape index (κ3) is 5.08. The van der Waals surface area contributed by atoms with E-state index in [1.807, 2.05) is 6.08 Å². The summed E-state index contributed by atoms with van der Waals surface area (Å²) >= 11 is 15.9. The maximum absolute atomic E-state index is 15.3. The molecule has 4 aliphatic rings. The number of hydrazine groups is 1. The van der Waals surface area contributed by atoms with Crippen LogP contribution in [0.4, 0.5) is 15.8 Å². The fourth-order valence-corrected chi connectivity index (χ4v) is 9.50. The standard InChI is InChI=1S/C39H29BrCl2FN3O6/c1-52-31-17-19(16-30(40)34(31)47)33-26-14-15-27-32(37(50)45(35(27)48)25-12-6-22(42)7-13-25)28(26)18-29-36(49)46(44-24-10-8-23(43)9-11-24)38(51)39(29,33)20-2-4-21(41)5-3-20/h2-14,16-17,27-29,32-33,44,47H,15,18H2,1H3/t27-,28+,29-,32-,33-,39+/m0/s1. The summed E-state index contributed by atoms with van der Waals surface area (Å²) in [6.07, 6.45) is 2.23. The Bertz CT molecular complexity index is 2200. The molecule has 2 aliphatic heterocycles. The lowest BCUT2D eigenvalue weighted by molar-refractivity contribution is -0.138. The van der Waals surface area contributed by atoms with Gasteiger partial charge in [-0.1, -0.05) is 47.0 Å². The Morgan fingerprint density at radius 2 is 1.54 bits per heavy atom. The maximum atomic E-state index is 15.3. The average molecular weight is 805 g/mol. The summed E-state index contributed by atoms with van der Waals surface area (Å²) in [5, 5.41) is 12.7. The number of phenolic OH excluding ortho intramolecular Hbond substituents is 1. The molecule has 4 amide bonds. The molecule has 0 radical (unpaired) electrons. The molecule has 13 heteroatoms. The van der Waals surface area contributed by atoms with Gasteiger partial charge in [0.25, 0.3) is 11.8 Å². The van der Waals surface area contributed by atoms with E-state index in [2.05, 4.69) is 21.4 Å². The molecule has 0 unspecified atom stereocenters. The number of aromatic hydroxyl groups is 1. The first-order chi connectivity index (χ1) is 24.9. The van der Waals surface area contributed by atoms with Crippen LogP contribution in [0.15, 0.2) is 101 Å². The topological polar surface area (TPSA) is 116 Å². The Balaban J connectivity index is 1.35. The predicted molar refractivity (Wildman–Crippen MR) is 195 cm³/mol. The third-order valence-electron chi connectivity index (χ3n) is 10.9. The van der Waals surface area contributed by atoms with Crippen molar-refractivity contribution in [1.29, 1.82) is 0 Å². The zero-order valence-corrected chi connectivity index (χ0v) is 30.5. The van der Waals surface area contributed by atoms with Crippen LogP contribution in [0.25, 0.3) is 0 Å². The van der Waals surface area contributed by atoms with Crippen molar-refractivity contribution in [2.75, 3.05) is 17.4 Å². The second-order valence-electron chi connectivity index (χ2n) is 13.4. The van der Waals surface area contributed by atoms with Gasteiger partial charge in [-0.2, -0.15) is 5.01 Å². The molecule has 4 aromatic rings. The fourth-order valence-electron chi connectivity index (χ4n) is 8.79. The molecule has 6 atom stereocenters. The summed E-state index contributed by atoms with van der Waals surface area (Å²) < 4.78 is 19.7. The number of carbonyl (C=O) groups excluding carboxylic acids is 4. The Labute approximate surface area is 316 Å². The van der Waals surface area contributed by atoms with Gasteiger partial charge in [-0.3, -0.25) is 29.5 Å².